The van der Waals surface area contributed by atoms with Crippen molar-refractivity contribution in [3.8, 4) is 0 Å². The third kappa shape index (κ3) is 2.13. The van der Waals surface area contributed by atoms with Crippen LogP contribution in [0.1, 0.15) is 36.9 Å². The molecule has 2 nitrogen and oxygen atoms in total. The van der Waals surface area contributed by atoms with Crippen LogP contribution in [-0.2, 0) is 0 Å². The van der Waals surface area contributed by atoms with Crippen molar-refractivity contribution in [2.45, 2.75) is 38.6 Å². The van der Waals surface area contributed by atoms with Gasteiger partial charge in [0.15, 0.2) is 0 Å². The molecule has 94 valence electrons. The average molecular weight is 240 g/mol. The molecule has 3 rings (SSSR count). The van der Waals surface area contributed by atoms with Crippen LogP contribution in [0, 0.1) is 6.92 Å². The summed E-state index contributed by atoms with van der Waals surface area (Å²) in [4.78, 5) is 4.63. The van der Waals surface area contributed by atoms with E-state index in [4.69, 9.17) is 0 Å². The van der Waals surface area contributed by atoms with Gasteiger partial charge < -0.3 is 5.32 Å². The summed E-state index contributed by atoms with van der Waals surface area (Å²) in [7, 11) is 0. The van der Waals surface area contributed by atoms with Gasteiger partial charge in [0.05, 0.1) is 5.52 Å². The molecule has 2 aromatic rings. The predicted molar refractivity (Wildman–Crippen MR) is 75.9 cm³/mol. The Morgan fingerprint density at radius 3 is 2.94 bits per heavy atom. The highest BCUT2D eigenvalue weighted by Gasteiger charge is 2.21. The lowest BCUT2D eigenvalue weighted by atomic mass is 9.85. The fourth-order valence-electron chi connectivity index (χ4n) is 3.05. The first kappa shape index (κ1) is 11.7. The molecule has 1 aromatic carbocycles. The SMILES string of the molecule is Cc1ccc2c([C@H]3CCN[C@@H](C)C3)cccc2n1. The van der Waals surface area contributed by atoms with Gasteiger partial charge in [-0.1, -0.05) is 18.2 Å². The molecule has 0 unspecified atom stereocenters. The molecule has 0 radical (unpaired) electrons. The van der Waals surface area contributed by atoms with E-state index in [2.05, 4.69) is 54.5 Å². The quantitative estimate of drug-likeness (QED) is 0.826. The monoisotopic (exact) mass is 240 g/mol. The lowest BCUT2D eigenvalue weighted by molar-refractivity contribution is 0.382. The molecule has 1 saturated heterocycles. The summed E-state index contributed by atoms with van der Waals surface area (Å²) in [5, 5.41) is 4.86. The van der Waals surface area contributed by atoms with Crippen LogP contribution in [-0.4, -0.2) is 17.6 Å². The number of benzene rings is 1. The molecule has 0 amide bonds. The second-order valence-corrected chi connectivity index (χ2v) is 5.44. The molecule has 1 aliphatic heterocycles. The summed E-state index contributed by atoms with van der Waals surface area (Å²) in [5.74, 6) is 0.675. The van der Waals surface area contributed by atoms with Crippen LogP contribution in [0.4, 0.5) is 0 Å². The molecule has 2 heteroatoms. The maximum atomic E-state index is 4.63. The van der Waals surface area contributed by atoms with Crippen LogP contribution in [0.2, 0.25) is 0 Å². The van der Waals surface area contributed by atoms with Gasteiger partial charge >= 0.3 is 0 Å². The maximum absolute atomic E-state index is 4.63. The minimum absolute atomic E-state index is 0.623. The third-order valence-electron chi connectivity index (χ3n) is 3.97. The second-order valence-electron chi connectivity index (χ2n) is 5.44. The summed E-state index contributed by atoms with van der Waals surface area (Å²) in [6.45, 7) is 5.46. The van der Waals surface area contributed by atoms with Gasteiger partial charge in [0, 0.05) is 17.1 Å². The molecule has 0 spiro atoms. The summed E-state index contributed by atoms with van der Waals surface area (Å²) >= 11 is 0. The Bertz CT molecular complexity index is 562. The molecule has 0 saturated carbocycles. The van der Waals surface area contributed by atoms with Crippen molar-refractivity contribution in [3.63, 3.8) is 0 Å². The van der Waals surface area contributed by atoms with Gasteiger partial charge in [-0.25, -0.2) is 0 Å². The van der Waals surface area contributed by atoms with Crippen LogP contribution >= 0.6 is 0 Å². The number of pyridine rings is 1. The molecular formula is C16H20N2. The van der Waals surface area contributed by atoms with E-state index in [0.717, 1.165) is 17.8 Å². The minimum atomic E-state index is 0.623. The normalized spacial score (nSPS) is 24.3. The van der Waals surface area contributed by atoms with Gasteiger partial charge in [-0.3, -0.25) is 4.98 Å². The zero-order valence-electron chi connectivity index (χ0n) is 11.1. The van der Waals surface area contributed by atoms with E-state index in [9.17, 15) is 0 Å². The van der Waals surface area contributed by atoms with Crippen molar-refractivity contribution in [2.24, 2.45) is 0 Å². The van der Waals surface area contributed by atoms with Crippen molar-refractivity contribution in [1.82, 2.24) is 10.3 Å². The van der Waals surface area contributed by atoms with E-state index in [1.54, 1.807) is 0 Å². The van der Waals surface area contributed by atoms with Crippen molar-refractivity contribution in [3.05, 3.63) is 41.6 Å². The number of aromatic nitrogens is 1. The number of hydrogen-bond donors (Lipinski definition) is 1. The van der Waals surface area contributed by atoms with Crippen LogP contribution in [0.3, 0.4) is 0 Å². The van der Waals surface area contributed by atoms with E-state index in [-0.39, 0.29) is 0 Å². The first-order chi connectivity index (χ1) is 8.74. The largest absolute Gasteiger partial charge is 0.314 e. The molecule has 1 fully saturated rings. The number of fused-ring (bicyclic) bond motifs is 1. The number of hydrogen-bond acceptors (Lipinski definition) is 2. The summed E-state index contributed by atoms with van der Waals surface area (Å²) in [6.07, 6.45) is 2.46. The van der Waals surface area contributed by atoms with Gasteiger partial charge in [-0.05, 0) is 56.8 Å². The van der Waals surface area contributed by atoms with E-state index in [1.165, 1.54) is 23.8 Å². The Balaban J connectivity index is 2.05. The van der Waals surface area contributed by atoms with E-state index < -0.39 is 0 Å². The van der Waals surface area contributed by atoms with Gasteiger partial charge in [-0.2, -0.15) is 0 Å². The molecule has 1 aliphatic rings. The lowest BCUT2D eigenvalue weighted by Gasteiger charge is -2.29. The fraction of sp³-hybridized carbons (Fsp3) is 0.438. The van der Waals surface area contributed by atoms with E-state index in [1.807, 2.05) is 0 Å². The van der Waals surface area contributed by atoms with Crippen LogP contribution in [0.25, 0.3) is 10.9 Å². The maximum Gasteiger partial charge on any atom is 0.0708 e. The van der Waals surface area contributed by atoms with Crippen LogP contribution in [0.15, 0.2) is 30.3 Å². The molecule has 18 heavy (non-hydrogen) atoms. The second kappa shape index (κ2) is 4.69. The summed E-state index contributed by atoms with van der Waals surface area (Å²) < 4.78 is 0. The highest BCUT2D eigenvalue weighted by Crippen LogP contribution is 2.32. The summed E-state index contributed by atoms with van der Waals surface area (Å²) in [5.41, 5.74) is 3.71. The van der Waals surface area contributed by atoms with Crippen molar-refractivity contribution >= 4 is 10.9 Å². The average Bonchev–Trinajstić information content (AvgIpc) is 2.37. The highest BCUT2D eigenvalue weighted by molar-refractivity contribution is 5.82. The Morgan fingerprint density at radius 1 is 1.22 bits per heavy atom. The molecule has 0 bridgehead atoms. The Kier molecular flexibility index (Phi) is 3.04. The zero-order chi connectivity index (χ0) is 12.5. The number of aryl methyl sites for hydroxylation is 1. The van der Waals surface area contributed by atoms with Crippen molar-refractivity contribution < 1.29 is 0 Å². The van der Waals surface area contributed by atoms with Gasteiger partial charge in [-0.15, -0.1) is 0 Å². The number of nitrogens with one attached hydrogen (secondary N) is 1. The Labute approximate surface area is 108 Å². The molecule has 0 aliphatic carbocycles. The van der Waals surface area contributed by atoms with Gasteiger partial charge in [0.25, 0.3) is 0 Å². The molecule has 1 N–H and O–H groups in total. The van der Waals surface area contributed by atoms with Crippen molar-refractivity contribution in [2.75, 3.05) is 6.54 Å². The van der Waals surface area contributed by atoms with Crippen LogP contribution < -0.4 is 5.32 Å². The fourth-order valence-corrected chi connectivity index (χ4v) is 3.05. The van der Waals surface area contributed by atoms with E-state index >= 15 is 0 Å². The molecule has 2 atom stereocenters. The zero-order valence-corrected chi connectivity index (χ0v) is 11.1. The number of rotatable bonds is 1. The number of nitrogens with zero attached hydrogens (tertiary/aromatic N) is 1. The third-order valence-corrected chi connectivity index (χ3v) is 3.97. The predicted octanol–water partition coefficient (Wildman–Crippen LogP) is 3.40. The molecular weight excluding hydrogens is 220 g/mol. The van der Waals surface area contributed by atoms with Crippen LogP contribution in [0.5, 0.6) is 0 Å². The van der Waals surface area contributed by atoms with Crippen molar-refractivity contribution in [1.29, 1.82) is 0 Å². The lowest BCUT2D eigenvalue weighted by Crippen LogP contribution is -2.34. The first-order valence-corrected chi connectivity index (χ1v) is 6.83. The highest BCUT2D eigenvalue weighted by atomic mass is 14.9. The Morgan fingerprint density at radius 2 is 2.11 bits per heavy atom. The summed E-state index contributed by atoms with van der Waals surface area (Å²) in [6, 6.07) is 11.5. The van der Waals surface area contributed by atoms with Gasteiger partial charge in [0.2, 0.25) is 0 Å². The minimum Gasteiger partial charge on any atom is -0.314 e. The topological polar surface area (TPSA) is 24.9 Å². The molecule has 2 heterocycles. The van der Waals surface area contributed by atoms with Gasteiger partial charge in [0.1, 0.15) is 0 Å². The Hall–Kier alpha value is -1.41. The first-order valence-electron chi connectivity index (χ1n) is 6.83. The smallest absolute Gasteiger partial charge is 0.0708 e. The standard InChI is InChI=1S/C16H20N2/c1-11-6-7-15-14(4-3-5-16(15)18-11)13-8-9-17-12(2)10-13/h3-7,12-13,17H,8-10H2,1-2H3/t12-,13-/m0/s1. The van der Waals surface area contributed by atoms with E-state index in [0.29, 0.717) is 12.0 Å². The number of piperidine rings is 1. The molecule has 1 aromatic heterocycles.